The molecule has 1 unspecified atom stereocenters. The first-order chi connectivity index (χ1) is 22.2. The van der Waals surface area contributed by atoms with Crippen molar-refractivity contribution in [3.8, 4) is 0 Å². The van der Waals surface area contributed by atoms with E-state index in [1.807, 2.05) is 90.9 Å². The topological polar surface area (TPSA) is 125 Å². The van der Waals surface area contributed by atoms with E-state index in [0.29, 0.717) is 5.56 Å². The maximum Gasteiger partial charge on any atom is 0.260 e. The molecule has 0 spiro atoms. The van der Waals surface area contributed by atoms with E-state index in [-0.39, 0.29) is 29.1 Å². The molecule has 0 saturated carbocycles. The van der Waals surface area contributed by atoms with Gasteiger partial charge in [-0.3, -0.25) is 14.4 Å². The monoisotopic (exact) mass is 682 g/mol. The van der Waals surface area contributed by atoms with E-state index in [2.05, 4.69) is 22.3 Å². The van der Waals surface area contributed by atoms with Crippen molar-refractivity contribution in [3.63, 3.8) is 0 Å². The molecule has 0 saturated heterocycles. The smallest absolute Gasteiger partial charge is 0.260 e. The van der Waals surface area contributed by atoms with E-state index in [1.54, 1.807) is 32.3 Å². The second-order valence-electron chi connectivity index (χ2n) is 14.8. The summed E-state index contributed by atoms with van der Waals surface area (Å²) in [6.07, 6.45) is 4.69. The van der Waals surface area contributed by atoms with Crippen LogP contribution in [0.25, 0.3) is 0 Å². The Hall–Kier alpha value is -3.50. The lowest BCUT2D eigenvalue weighted by Crippen LogP contribution is -2.61. The number of hydrogen-bond donors (Lipinski definition) is 3. The molecule has 0 bridgehead atoms. The molecule has 0 aliphatic heterocycles. The zero-order chi connectivity index (χ0) is 36.4. The van der Waals surface area contributed by atoms with E-state index in [9.17, 15) is 22.8 Å². The summed E-state index contributed by atoms with van der Waals surface area (Å²) < 4.78 is 28.0. The molecule has 0 aliphatic rings. The van der Waals surface area contributed by atoms with Crippen LogP contribution < -0.4 is 15.4 Å². The molecule has 10 heteroatoms. The van der Waals surface area contributed by atoms with Gasteiger partial charge in [-0.05, 0) is 54.8 Å². The minimum absolute atomic E-state index is 0.122. The van der Waals surface area contributed by atoms with Crippen LogP contribution in [-0.2, 0) is 42.0 Å². The first-order valence-electron chi connectivity index (χ1n) is 16.9. The normalized spacial score (nSPS) is 14.6. The predicted molar refractivity (Wildman–Crippen MR) is 195 cm³/mol. The Morgan fingerprint density at radius 1 is 0.896 bits per heavy atom. The number of sulfonamides is 1. The van der Waals surface area contributed by atoms with Gasteiger partial charge in [0.1, 0.15) is 6.04 Å². The lowest BCUT2D eigenvalue weighted by Gasteiger charge is -2.40. The zero-order valence-electron chi connectivity index (χ0n) is 30.8. The van der Waals surface area contributed by atoms with Gasteiger partial charge in [-0.15, -0.1) is 0 Å². The molecule has 3 amide bonds. The van der Waals surface area contributed by atoms with Crippen LogP contribution in [0.2, 0.25) is 0 Å². The lowest BCUT2D eigenvalue weighted by molar-refractivity contribution is -0.140. The fraction of sp³-hybridized carbons (Fsp3) is 0.553. The third-order valence-electron chi connectivity index (χ3n) is 8.89. The van der Waals surface area contributed by atoms with Crippen molar-refractivity contribution < 1.29 is 22.8 Å². The zero-order valence-corrected chi connectivity index (χ0v) is 31.6. The molecule has 2 aromatic carbocycles. The SMILES string of the molecule is CCCCc1ccc(CS(=O)(=O)NC(=O)/C(C)=C/[C@H](C(C)C)N(C)C(=O)C(NC(=O)[C@@H](NC)C(C)(C)c2ccccc2)C(C)(C)C)cc1. The van der Waals surface area contributed by atoms with Gasteiger partial charge < -0.3 is 15.5 Å². The summed E-state index contributed by atoms with van der Waals surface area (Å²) in [5.41, 5.74) is 1.66. The summed E-state index contributed by atoms with van der Waals surface area (Å²) in [6, 6.07) is 15.1. The Morgan fingerprint density at radius 3 is 1.96 bits per heavy atom. The summed E-state index contributed by atoms with van der Waals surface area (Å²) in [6.45, 7) is 17.1. The molecule has 0 radical (unpaired) electrons. The van der Waals surface area contributed by atoms with Gasteiger partial charge in [0, 0.05) is 18.0 Å². The van der Waals surface area contributed by atoms with E-state index in [0.717, 1.165) is 30.4 Å². The molecule has 2 rings (SSSR count). The number of unbranched alkanes of at least 4 members (excludes halogenated alkanes) is 1. The number of nitrogens with zero attached hydrogens (tertiary/aromatic N) is 1. The van der Waals surface area contributed by atoms with Crippen LogP contribution in [0.3, 0.4) is 0 Å². The summed E-state index contributed by atoms with van der Waals surface area (Å²) in [5, 5.41) is 6.18. The summed E-state index contributed by atoms with van der Waals surface area (Å²) in [4.78, 5) is 42.6. The molecule has 0 heterocycles. The minimum atomic E-state index is -3.96. The highest BCUT2D eigenvalue weighted by atomic mass is 32.2. The molecule has 3 atom stereocenters. The second-order valence-corrected chi connectivity index (χ2v) is 16.5. The first-order valence-corrected chi connectivity index (χ1v) is 18.5. The minimum Gasteiger partial charge on any atom is -0.342 e. The van der Waals surface area contributed by atoms with Gasteiger partial charge in [0.25, 0.3) is 5.91 Å². The largest absolute Gasteiger partial charge is 0.342 e. The molecule has 266 valence electrons. The van der Waals surface area contributed by atoms with Gasteiger partial charge in [-0.2, -0.15) is 0 Å². The van der Waals surface area contributed by atoms with Crippen molar-refractivity contribution >= 4 is 27.7 Å². The number of hydrogen-bond acceptors (Lipinski definition) is 6. The van der Waals surface area contributed by atoms with Crippen LogP contribution in [0.5, 0.6) is 0 Å². The van der Waals surface area contributed by atoms with Crippen molar-refractivity contribution in [2.24, 2.45) is 11.3 Å². The Morgan fingerprint density at radius 2 is 1.46 bits per heavy atom. The van der Waals surface area contributed by atoms with Gasteiger partial charge in [-0.25, -0.2) is 13.1 Å². The van der Waals surface area contributed by atoms with Crippen LogP contribution in [0.1, 0.15) is 91.8 Å². The number of amides is 3. The average molecular weight is 683 g/mol. The summed E-state index contributed by atoms with van der Waals surface area (Å²) >= 11 is 0. The van der Waals surface area contributed by atoms with Gasteiger partial charge >= 0.3 is 0 Å². The number of nitrogens with one attached hydrogen (secondary N) is 3. The quantitative estimate of drug-likeness (QED) is 0.201. The first kappa shape index (κ1) is 40.7. The number of benzene rings is 2. The van der Waals surface area contributed by atoms with E-state index in [1.165, 1.54) is 11.8 Å². The number of likely N-dealkylation sites (N-methyl/N-ethyl adjacent to an activating group) is 2. The van der Waals surface area contributed by atoms with E-state index in [4.69, 9.17) is 0 Å². The maximum atomic E-state index is 14.1. The molecular formula is C38H58N4O5S. The van der Waals surface area contributed by atoms with Gasteiger partial charge in [-0.1, -0.05) is 122 Å². The van der Waals surface area contributed by atoms with Crippen molar-refractivity contribution in [1.82, 2.24) is 20.3 Å². The molecule has 2 aromatic rings. The molecular weight excluding hydrogens is 625 g/mol. The van der Waals surface area contributed by atoms with Crippen LogP contribution in [0.15, 0.2) is 66.2 Å². The highest BCUT2D eigenvalue weighted by molar-refractivity contribution is 7.89. The number of aryl methyl sites for hydroxylation is 1. The fourth-order valence-corrected chi connectivity index (χ4v) is 6.97. The highest BCUT2D eigenvalue weighted by Gasteiger charge is 2.41. The number of carbonyl (C=O) groups excluding carboxylic acids is 3. The summed E-state index contributed by atoms with van der Waals surface area (Å²) in [7, 11) is -0.593. The van der Waals surface area contributed by atoms with Gasteiger partial charge in [0.05, 0.1) is 17.8 Å². The molecule has 48 heavy (non-hydrogen) atoms. The second kappa shape index (κ2) is 17.2. The van der Waals surface area contributed by atoms with E-state index < -0.39 is 44.9 Å². The Kier molecular flexibility index (Phi) is 14.6. The standard InChI is InChI=1S/C38H58N4O5S/c1-12-13-17-28-20-22-29(23-21-28)25-48(46,47)41-34(43)27(4)24-31(26(2)3)42(11)36(45)33(37(5,6)7)40-35(44)32(39-10)38(8,9)30-18-15-14-16-19-30/h14-16,18-24,26,31-33,39H,12-13,17,25H2,1-11H3,(H,40,44)(H,41,43)/b27-24+/t31-,32-,33?/m1/s1. The fourth-order valence-electron chi connectivity index (χ4n) is 5.82. The third-order valence-corrected chi connectivity index (χ3v) is 10.1. The van der Waals surface area contributed by atoms with Crippen molar-refractivity contribution in [2.75, 3.05) is 14.1 Å². The molecule has 0 aliphatic carbocycles. The highest BCUT2D eigenvalue weighted by Crippen LogP contribution is 2.29. The van der Waals surface area contributed by atoms with Crippen LogP contribution in [0.4, 0.5) is 0 Å². The molecule has 3 N–H and O–H groups in total. The van der Waals surface area contributed by atoms with Gasteiger partial charge in [0.15, 0.2) is 0 Å². The van der Waals surface area contributed by atoms with Crippen molar-refractivity contribution in [2.45, 2.75) is 111 Å². The van der Waals surface area contributed by atoms with E-state index >= 15 is 0 Å². The Bertz CT molecular complexity index is 1510. The molecule has 0 fully saturated rings. The lowest BCUT2D eigenvalue weighted by atomic mass is 9.76. The van der Waals surface area contributed by atoms with Gasteiger partial charge in [0.2, 0.25) is 21.8 Å². The number of carbonyl (C=O) groups is 3. The Balaban J connectivity index is 2.25. The predicted octanol–water partition coefficient (Wildman–Crippen LogP) is 5.50. The van der Waals surface area contributed by atoms with Crippen molar-refractivity contribution in [1.29, 1.82) is 0 Å². The van der Waals surface area contributed by atoms with Crippen LogP contribution >= 0.6 is 0 Å². The average Bonchev–Trinajstić information content (AvgIpc) is 3.00. The third kappa shape index (κ3) is 11.3. The Labute approximate surface area is 289 Å². The molecule has 0 aromatic heterocycles. The number of rotatable bonds is 16. The maximum absolute atomic E-state index is 14.1. The molecule has 9 nitrogen and oxygen atoms in total. The van der Waals surface area contributed by atoms with Crippen LogP contribution in [-0.4, -0.2) is 63.3 Å². The van der Waals surface area contributed by atoms with Crippen LogP contribution in [0, 0.1) is 11.3 Å². The summed E-state index contributed by atoms with van der Waals surface area (Å²) in [5.74, 6) is -1.82. The van der Waals surface area contributed by atoms with Crippen molar-refractivity contribution in [3.05, 3.63) is 82.9 Å².